The van der Waals surface area contributed by atoms with Crippen molar-refractivity contribution < 1.29 is 40.7 Å². The first-order valence-corrected chi connectivity index (χ1v) is 12.2. The number of rotatable bonds is 4. The van der Waals surface area contributed by atoms with Crippen molar-refractivity contribution in [1.29, 1.82) is 0 Å². The monoisotopic (exact) mass is 543 g/mol. The van der Waals surface area contributed by atoms with Gasteiger partial charge in [0.1, 0.15) is 0 Å². The fourth-order valence-corrected chi connectivity index (χ4v) is 5.45. The minimum absolute atomic E-state index is 0.0419. The molecule has 0 radical (unpaired) electrons. The molecule has 0 fully saturated rings. The van der Waals surface area contributed by atoms with E-state index in [2.05, 4.69) is 0 Å². The maximum atomic E-state index is 13.4. The first kappa shape index (κ1) is 27.6. The predicted molar refractivity (Wildman–Crippen MR) is 126 cm³/mol. The van der Waals surface area contributed by atoms with E-state index >= 15 is 0 Å². The molecule has 2 atom stereocenters. The average molecular weight is 544 g/mol. The molecule has 0 spiro atoms. The van der Waals surface area contributed by atoms with Crippen LogP contribution in [0, 0.1) is 0 Å². The Morgan fingerprint density at radius 2 is 1.68 bits per heavy atom. The van der Waals surface area contributed by atoms with E-state index in [-0.39, 0.29) is 24.7 Å². The number of hydrogen-bond acceptors (Lipinski definition) is 3. The molecule has 0 bridgehead atoms. The van der Waals surface area contributed by atoms with Crippen molar-refractivity contribution in [2.24, 2.45) is 5.73 Å². The number of carbonyl (C=O) groups excluding carboxylic acids is 2. The molecule has 2 aromatic carbocycles. The summed E-state index contributed by atoms with van der Waals surface area (Å²) in [6.45, 7) is 2.95. The molecular formula is C26H27F6N3O3. The summed E-state index contributed by atoms with van der Waals surface area (Å²) in [7, 11) is 0. The zero-order chi connectivity index (χ0) is 28.0. The van der Waals surface area contributed by atoms with E-state index in [1.807, 2.05) is 6.07 Å². The fraction of sp³-hybridized carbons (Fsp3) is 0.462. The molecule has 1 heterocycles. The highest BCUT2D eigenvalue weighted by Crippen LogP contribution is 2.46. The highest BCUT2D eigenvalue weighted by atomic mass is 19.4. The topological polar surface area (TPSA) is 75.9 Å². The average Bonchev–Trinajstić information content (AvgIpc) is 3.29. The van der Waals surface area contributed by atoms with Crippen LogP contribution in [-0.4, -0.2) is 29.7 Å². The Bertz CT molecular complexity index is 1210. The SMILES string of the molecule is CCOC(=O)N1c2ccc3c(c2[C@H](N(Cc2cc(C(F)(F)F)cc(C(F)(F)F)c2)C(N)=O)C[C@@H]1C)CCC3. The molecular weight excluding hydrogens is 516 g/mol. The number of fused-ring (bicyclic) bond motifs is 3. The van der Waals surface area contributed by atoms with Crippen molar-refractivity contribution in [3.8, 4) is 0 Å². The van der Waals surface area contributed by atoms with Gasteiger partial charge in [-0.2, -0.15) is 26.3 Å². The van der Waals surface area contributed by atoms with Gasteiger partial charge in [0.25, 0.3) is 0 Å². The van der Waals surface area contributed by atoms with Gasteiger partial charge in [-0.3, -0.25) is 4.90 Å². The Balaban J connectivity index is 1.82. The number of alkyl halides is 6. The lowest BCUT2D eigenvalue weighted by Crippen LogP contribution is -2.49. The van der Waals surface area contributed by atoms with Gasteiger partial charge in [-0.05, 0) is 80.5 Å². The second kappa shape index (κ2) is 10.0. The standard InChI is InChI=1S/C26H27F6N3O3/c1-3-38-24(37)35-14(2)9-21(22-19-6-4-5-16(19)7-8-20(22)35)34(23(33)36)13-15-10-17(25(27,28)29)12-18(11-15)26(30,31)32/h7-8,10-12,14,21H,3-6,9,13H2,1-2H3,(H2,33,36)/t14-,21+/m0/s1. The lowest BCUT2D eigenvalue weighted by atomic mass is 9.85. The van der Waals surface area contributed by atoms with Crippen LogP contribution in [0.25, 0.3) is 0 Å². The molecule has 12 heteroatoms. The first-order valence-electron chi connectivity index (χ1n) is 12.2. The molecule has 206 valence electrons. The summed E-state index contributed by atoms with van der Waals surface area (Å²) < 4.78 is 85.9. The molecule has 4 rings (SSSR count). The number of amides is 3. The van der Waals surface area contributed by atoms with E-state index in [4.69, 9.17) is 10.5 Å². The Morgan fingerprint density at radius 1 is 1.05 bits per heavy atom. The van der Waals surface area contributed by atoms with E-state index in [1.165, 1.54) is 4.90 Å². The maximum Gasteiger partial charge on any atom is 0.416 e. The Hall–Kier alpha value is -3.44. The summed E-state index contributed by atoms with van der Waals surface area (Å²) >= 11 is 0. The second-order valence-electron chi connectivity index (χ2n) is 9.54. The van der Waals surface area contributed by atoms with Crippen LogP contribution in [0.1, 0.15) is 66.1 Å². The zero-order valence-electron chi connectivity index (χ0n) is 20.7. The number of halogens is 6. The number of urea groups is 1. The zero-order valence-corrected chi connectivity index (χ0v) is 20.7. The molecule has 6 nitrogen and oxygen atoms in total. The molecule has 38 heavy (non-hydrogen) atoms. The number of nitrogens with zero attached hydrogens (tertiary/aromatic N) is 2. The summed E-state index contributed by atoms with van der Waals surface area (Å²) in [4.78, 5) is 28.1. The van der Waals surface area contributed by atoms with E-state index in [0.717, 1.165) is 28.9 Å². The van der Waals surface area contributed by atoms with E-state index < -0.39 is 54.2 Å². The summed E-state index contributed by atoms with van der Waals surface area (Å²) in [6.07, 6.45) is -8.24. The van der Waals surface area contributed by atoms with Crippen LogP contribution >= 0.6 is 0 Å². The first-order chi connectivity index (χ1) is 17.7. The number of anilines is 1. The Labute approximate surface area is 215 Å². The van der Waals surface area contributed by atoms with Gasteiger partial charge >= 0.3 is 24.5 Å². The van der Waals surface area contributed by atoms with Crippen LogP contribution in [0.4, 0.5) is 41.6 Å². The highest BCUT2D eigenvalue weighted by Gasteiger charge is 2.42. The number of ether oxygens (including phenoxy) is 1. The third-order valence-corrected chi connectivity index (χ3v) is 7.03. The quantitative estimate of drug-likeness (QED) is 0.442. The van der Waals surface area contributed by atoms with Crippen LogP contribution in [0.3, 0.4) is 0 Å². The molecule has 0 saturated heterocycles. The third kappa shape index (κ3) is 5.25. The largest absolute Gasteiger partial charge is 0.449 e. The summed E-state index contributed by atoms with van der Waals surface area (Å²) in [5.41, 5.74) is 5.40. The minimum Gasteiger partial charge on any atom is -0.449 e. The van der Waals surface area contributed by atoms with E-state index in [9.17, 15) is 35.9 Å². The number of hydrogen-bond donors (Lipinski definition) is 1. The molecule has 1 aliphatic heterocycles. The van der Waals surface area contributed by atoms with Gasteiger partial charge in [0, 0.05) is 18.2 Å². The maximum absolute atomic E-state index is 13.4. The van der Waals surface area contributed by atoms with Crippen molar-refractivity contribution >= 4 is 17.8 Å². The highest BCUT2D eigenvalue weighted by molar-refractivity contribution is 5.91. The van der Waals surface area contributed by atoms with Crippen molar-refractivity contribution in [1.82, 2.24) is 4.90 Å². The van der Waals surface area contributed by atoms with Crippen molar-refractivity contribution in [3.05, 3.63) is 63.7 Å². The van der Waals surface area contributed by atoms with Gasteiger partial charge in [-0.1, -0.05) is 6.07 Å². The smallest absolute Gasteiger partial charge is 0.416 e. The molecule has 0 saturated carbocycles. The van der Waals surface area contributed by atoms with Gasteiger partial charge in [0.15, 0.2) is 0 Å². The third-order valence-electron chi connectivity index (χ3n) is 7.03. The number of primary amides is 1. The van der Waals surface area contributed by atoms with Gasteiger partial charge in [0.2, 0.25) is 0 Å². The van der Waals surface area contributed by atoms with Crippen LogP contribution in [0.15, 0.2) is 30.3 Å². The summed E-state index contributed by atoms with van der Waals surface area (Å²) in [6, 6.07) is 2.58. The van der Waals surface area contributed by atoms with Gasteiger partial charge in [-0.25, -0.2) is 9.59 Å². The number of carbonyl (C=O) groups is 2. The predicted octanol–water partition coefficient (Wildman–Crippen LogP) is 6.59. The lowest BCUT2D eigenvalue weighted by Gasteiger charge is -2.43. The molecule has 0 unspecified atom stereocenters. The number of nitrogens with two attached hydrogens (primary N) is 1. The molecule has 3 amide bonds. The van der Waals surface area contributed by atoms with Crippen molar-refractivity contribution in [3.63, 3.8) is 0 Å². The van der Waals surface area contributed by atoms with Crippen molar-refractivity contribution in [2.45, 2.75) is 70.5 Å². The van der Waals surface area contributed by atoms with Gasteiger partial charge in [0.05, 0.1) is 29.5 Å². The Kier molecular flexibility index (Phi) is 7.28. The Morgan fingerprint density at radius 3 is 2.24 bits per heavy atom. The van der Waals surface area contributed by atoms with Crippen molar-refractivity contribution in [2.75, 3.05) is 11.5 Å². The van der Waals surface area contributed by atoms with Gasteiger partial charge < -0.3 is 15.4 Å². The molecule has 1 aliphatic carbocycles. The molecule has 0 aromatic heterocycles. The molecule has 2 N–H and O–H groups in total. The lowest BCUT2D eigenvalue weighted by molar-refractivity contribution is -0.143. The normalized spacial score (nSPS) is 19.1. The molecule has 2 aliphatic rings. The fourth-order valence-electron chi connectivity index (χ4n) is 5.45. The summed E-state index contributed by atoms with van der Waals surface area (Å²) in [5, 5.41) is 0. The number of aryl methyl sites for hydroxylation is 1. The summed E-state index contributed by atoms with van der Waals surface area (Å²) in [5.74, 6) is 0. The van der Waals surface area contributed by atoms with Gasteiger partial charge in [-0.15, -0.1) is 0 Å². The second-order valence-corrected chi connectivity index (χ2v) is 9.54. The van der Waals surface area contributed by atoms with Crippen LogP contribution < -0.4 is 10.6 Å². The van der Waals surface area contributed by atoms with Crippen LogP contribution in [0.5, 0.6) is 0 Å². The van der Waals surface area contributed by atoms with E-state index in [0.29, 0.717) is 29.8 Å². The van der Waals surface area contributed by atoms with Crippen LogP contribution in [0.2, 0.25) is 0 Å². The molecule has 2 aromatic rings. The minimum atomic E-state index is -5.03. The number of benzene rings is 2. The van der Waals surface area contributed by atoms with E-state index in [1.54, 1.807) is 19.9 Å². The van der Waals surface area contributed by atoms with Crippen LogP contribution in [-0.2, 0) is 36.5 Å².